The van der Waals surface area contributed by atoms with Crippen molar-refractivity contribution in [3.63, 3.8) is 0 Å². The fraction of sp³-hybridized carbons (Fsp3) is 0.750. The molecule has 0 aliphatic rings. The molecule has 0 radical (unpaired) electrons. The highest BCUT2D eigenvalue weighted by Gasteiger charge is 2.19. The average Bonchev–Trinajstić information content (AvgIpc) is 2.28. The lowest BCUT2D eigenvalue weighted by Crippen LogP contribution is -2.17. The third-order valence-electron chi connectivity index (χ3n) is 1.44. The second-order valence-electron chi connectivity index (χ2n) is 4.47. The molecule has 0 rings (SSSR count). The molecule has 0 N–H and O–H groups in total. The van der Waals surface area contributed by atoms with Gasteiger partial charge in [0.2, 0.25) is 0 Å². The van der Waals surface area contributed by atoms with Crippen molar-refractivity contribution in [3.05, 3.63) is 0 Å². The molecule has 0 saturated heterocycles. The van der Waals surface area contributed by atoms with Crippen LogP contribution in [0.4, 0.5) is 0 Å². The van der Waals surface area contributed by atoms with Gasteiger partial charge in [-0.2, -0.15) is 20.8 Å². The van der Waals surface area contributed by atoms with Gasteiger partial charge in [-0.15, -0.1) is 0 Å². The van der Waals surface area contributed by atoms with Crippen molar-refractivity contribution >= 4 is 5.97 Å². The van der Waals surface area contributed by atoms with Crippen LogP contribution in [0.15, 0.2) is 10.2 Å². The fourth-order valence-corrected chi connectivity index (χ4v) is 0.498. The fourth-order valence-electron chi connectivity index (χ4n) is 0.498. The Bertz CT molecular complexity index is 345. The third-order valence-corrected chi connectivity index (χ3v) is 1.44. The Kier molecular flexibility index (Phi) is 8.38. The monoisotopic (exact) mass is 252 g/mol. The lowest BCUT2D eigenvalue weighted by molar-refractivity contribution is -0.140. The number of hydrogen-bond acceptors (Lipinski definition) is 6. The first-order valence-electron chi connectivity index (χ1n) is 5.50. The maximum Gasteiger partial charge on any atom is 0.302 e. The summed E-state index contributed by atoms with van der Waals surface area (Å²) < 4.78 is 4.40. The van der Waals surface area contributed by atoms with Crippen LogP contribution in [-0.2, 0) is 9.53 Å². The van der Waals surface area contributed by atoms with Crippen LogP contribution >= 0.6 is 0 Å². The van der Waals surface area contributed by atoms with Crippen LogP contribution in [0.1, 0.15) is 41.5 Å². The number of azo groups is 1. The van der Waals surface area contributed by atoms with Gasteiger partial charge in [0.05, 0.1) is 18.7 Å². The van der Waals surface area contributed by atoms with Gasteiger partial charge in [-0.05, 0) is 34.6 Å². The van der Waals surface area contributed by atoms with E-state index in [2.05, 4.69) is 15.0 Å². The number of rotatable bonds is 3. The Morgan fingerprint density at radius 3 is 1.56 bits per heavy atom. The van der Waals surface area contributed by atoms with Crippen molar-refractivity contribution in [1.82, 2.24) is 0 Å². The lowest BCUT2D eigenvalue weighted by Gasteiger charge is -2.11. The number of nitriles is 2. The second-order valence-corrected chi connectivity index (χ2v) is 4.47. The topological polar surface area (TPSA) is 98.6 Å². The largest absolute Gasteiger partial charge is 0.466 e. The van der Waals surface area contributed by atoms with Crippen LogP contribution in [0.25, 0.3) is 0 Å². The summed E-state index contributed by atoms with van der Waals surface area (Å²) in [5.74, 6) is -0.211. The van der Waals surface area contributed by atoms with Crippen molar-refractivity contribution in [2.75, 3.05) is 6.61 Å². The molecule has 0 fully saturated rings. The summed E-state index contributed by atoms with van der Waals surface area (Å²) in [6.07, 6.45) is 0. The van der Waals surface area contributed by atoms with Crippen molar-refractivity contribution < 1.29 is 9.53 Å². The molecule has 6 nitrogen and oxygen atoms in total. The van der Waals surface area contributed by atoms with Crippen molar-refractivity contribution in [1.29, 1.82) is 10.5 Å². The quantitative estimate of drug-likeness (QED) is 0.569. The molecule has 100 valence electrons. The molecule has 0 heterocycles. The summed E-state index contributed by atoms with van der Waals surface area (Å²) in [4.78, 5) is 9.82. The molecular weight excluding hydrogens is 232 g/mol. The Morgan fingerprint density at radius 1 is 1.11 bits per heavy atom. The predicted octanol–water partition coefficient (Wildman–Crippen LogP) is 2.61. The average molecular weight is 252 g/mol. The number of ether oxygens (including phenoxy) is 1. The summed E-state index contributed by atoms with van der Waals surface area (Å²) in [6, 6.07) is 3.94. The van der Waals surface area contributed by atoms with Crippen LogP contribution in [0.5, 0.6) is 0 Å². The molecule has 0 aliphatic carbocycles. The minimum absolute atomic E-state index is 0.211. The molecule has 6 heteroatoms. The second kappa shape index (κ2) is 8.19. The zero-order valence-corrected chi connectivity index (χ0v) is 11.8. The van der Waals surface area contributed by atoms with Crippen LogP contribution in [0, 0.1) is 22.7 Å². The Hall–Kier alpha value is -1.95. The van der Waals surface area contributed by atoms with Crippen LogP contribution in [0.2, 0.25) is 0 Å². The van der Waals surface area contributed by atoms with E-state index in [4.69, 9.17) is 10.5 Å². The van der Waals surface area contributed by atoms with Crippen molar-refractivity contribution in [2.45, 2.75) is 52.6 Å². The van der Waals surface area contributed by atoms with Crippen LogP contribution in [0.3, 0.4) is 0 Å². The maximum atomic E-state index is 9.82. The van der Waals surface area contributed by atoms with E-state index >= 15 is 0 Å². The van der Waals surface area contributed by atoms with Gasteiger partial charge >= 0.3 is 5.97 Å². The van der Waals surface area contributed by atoms with Gasteiger partial charge in [0, 0.05) is 6.92 Å². The van der Waals surface area contributed by atoms with E-state index < -0.39 is 11.1 Å². The molecule has 18 heavy (non-hydrogen) atoms. The first-order valence-corrected chi connectivity index (χ1v) is 5.50. The van der Waals surface area contributed by atoms with Crippen LogP contribution in [-0.4, -0.2) is 23.7 Å². The molecule has 0 unspecified atom stereocenters. The van der Waals surface area contributed by atoms with Gasteiger partial charge in [0.25, 0.3) is 0 Å². The van der Waals surface area contributed by atoms with Gasteiger partial charge in [-0.1, -0.05) is 0 Å². The van der Waals surface area contributed by atoms with Crippen molar-refractivity contribution in [3.8, 4) is 12.1 Å². The summed E-state index contributed by atoms with van der Waals surface area (Å²) in [5, 5.41) is 24.7. The molecule has 0 aromatic carbocycles. The first kappa shape index (κ1) is 18.4. The third kappa shape index (κ3) is 12.1. The molecule has 0 aliphatic heterocycles. The van der Waals surface area contributed by atoms with E-state index in [0.717, 1.165) is 0 Å². The molecule has 0 aromatic heterocycles. The maximum absolute atomic E-state index is 9.82. The highest BCUT2D eigenvalue weighted by atomic mass is 16.5. The number of carbonyl (C=O) groups is 1. The smallest absolute Gasteiger partial charge is 0.302 e. The van der Waals surface area contributed by atoms with E-state index in [0.29, 0.717) is 6.61 Å². The summed E-state index contributed by atoms with van der Waals surface area (Å²) >= 11 is 0. The molecule has 0 atom stereocenters. The van der Waals surface area contributed by atoms with Gasteiger partial charge in [-0.3, -0.25) is 4.79 Å². The zero-order valence-electron chi connectivity index (χ0n) is 11.8. The summed E-state index contributed by atoms with van der Waals surface area (Å²) in [7, 11) is 0. The van der Waals surface area contributed by atoms with E-state index in [-0.39, 0.29) is 5.97 Å². The SMILES string of the molecule is CC(C)(C#N)N=NC(C)(C)C#N.CCOC(C)=O. The van der Waals surface area contributed by atoms with Gasteiger partial charge < -0.3 is 4.74 Å². The number of carbonyl (C=O) groups excluding carboxylic acids is 1. The molecular formula is C12H20N4O2. The summed E-state index contributed by atoms with van der Waals surface area (Å²) in [6.45, 7) is 10.2. The molecule has 0 bridgehead atoms. The van der Waals surface area contributed by atoms with Gasteiger partial charge in [0.1, 0.15) is 0 Å². The Labute approximate surface area is 108 Å². The van der Waals surface area contributed by atoms with Crippen molar-refractivity contribution in [2.24, 2.45) is 10.2 Å². The highest BCUT2D eigenvalue weighted by molar-refractivity contribution is 5.65. The van der Waals surface area contributed by atoms with Gasteiger partial charge in [0.15, 0.2) is 11.1 Å². The molecule has 0 saturated carbocycles. The van der Waals surface area contributed by atoms with E-state index in [1.807, 2.05) is 12.1 Å². The lowest BCUT2D eigenvalue weighted by atomic mass is 10.1. The van der Waals surface area contributed by atoms with Gasteiger partial charge in [-0.25, -0.2) is 0 Å². The number of esters is 1. The summed E-state index contributed by atoms with van der Waals surface area (Å²) in [5.41, 5.74) is -1.68. The normalized spacial score (nSPS) is 10.9. The van der Waals surface area contributed by atoms with E-state index in [1.165, 1.54) is 6.92 Å². The van der Waals surface area contributed by atoms with E-state index in [1.54, 1.807) is 34.6 Å². The number of hydrogen-bond donors (Lipinski definition) is 0. The first-order chi connectivity index (χ1) is 8.10. The zero-order chi connectivity index (χ0) is 14.8. The highest BCUT2D eigenvalue weighted by Crippen LogP contribution is 2.13. The molecule has 0 aromatic rings. The minimum Gasteiger partial charge on any atom is -0.466 e. The molecule has 0 amide bonds. The van der Waals surface area contributed by atoms with Crippen LogP contribution < -0.4 is 0 Å². The Morgan fingerprint density at radius 2 is 1.44 bits per heavy atom. The minimum atomic E-state index is -0.839. The van der Waals surface area contributed by atoms with E-state index in [9.17, 15) is 4.79 Å². The number of nitrogens with zero attached hydrogens (tertiary/aromatic N) is 4. The molecule has 0 spiro atoms. The Balaban J connectivity index is 0. The predicted molar refractivity (Wildman–Crippen MR) is 66.5 cm³/mol. The standard InChI is InChI=1S/C8H12N4.C4H8O2/c1-7(2,5-9)11-12-8(3,4)6-10;1-3-6-4(2)5/h1-4H3;3H2,1-2H3.